The quantitative estimate of drug-likeness (QED) is 0.433. The van der Waals surface area contributed by atoms with Gasteiger partial charge in [-0.1, -0.05) is 23.2 Å². The van der Waals surface area contributed by atoms with Crippen molar-refractivity contribution < 1.29 is 14.5 Å². The van der Waals surface area contributed by atoms with E-state index < -0.39 is 4.92 Å². The minimum absolute atomic E-state index is 0.103. The summed E-state index contributed by atoms with van der Waals surface area (Å²) in [6.45, 7) is 1.88. The molecule has 0 aliphatic carbocycles. The van der Waals surface area contributed by atoms with Crippen molar-refractivity contribution in [3.8, 4) is 5.75 Å². The van der Waals surface area contributed by atoms with E-state index in [0.29, 0.717) is 19.4 Å². The van der Waals surface area contributed by atoms with E-state index in [1.807, 2.05) is 0 Å². The van der Waals surface area contributed by atoms with Crippen LogP contribution < -0.4 is 4.74 Å². The predicted octanol–water partition coefficient (Wildman–Crippen LogP) is 4.04. The monoisotopic (exact) mass is 305 g/mol. The number of nitro benzene ring substituents is 1. The minimum atomic E-state index is -0.575. The molecule has 1 aromatic carbocycles. The lowest BCUT2D eigenvalue weighted by Crippen LogP contribution is -2.00. The van der Waals surface area contributed by atoms with Gasteiger partial charge in [-0.05, 0) is 19.8 Å². The van der Waals surface area contributed by atoms with Gasteiger partial charge in [-0.2, -0.15) is 0 Å². The van der Waals surface area contributed by atoms with E-state index in [-0.39, 0.29) is 27.3 Å². The molecule has 0 saturated heterocycles. The highest BCUT2D eigenvalue weighted by Crippen LogP contribution is 2.36. The average Bonchev–Trinajstić information content (AvgIpc) is 2.30. The SMILES string of the molecule is CC(=O)CCCCOc1c(Cl)cc([N+](=O)[O-])cc1Cl. The van der Waals surface area contributed by atoms with E-state index >= 15 is 0 Å². The number of benzene rings is 1. The Morgan fingerprint density at radius 2 is 1.89 bits per heavy atom. The summed E-state index contributed by atoms with van der Waals surface area (Å²) in [6, 6.07) is 2.39. The Kier molecular flexibility index (Phi) is 6.05. The first kappa shape index (κ1) is 15.7. The van der Waals surface area contributed by atoms with Crippen LogP contribution in [0.15, 0.2) is 12.1 Å². The van der Waals surface area contributed by atoms with Crippen LogP contribution in [0.4, 0.5) is 5.69 Å². The number of carbonyl (C=O) groups excluding carboxylic acids is 1. The van der Waals surface area contributed by atoms with Gasteiger partial charge >= 0.3 is 0 Å². The van der Waals surface area contributed by atoms with E-state index in [0.717, 1.165) is 6.42 Å². The zero-order chi connectivity index (χ0) is 14.4. The number of carbonyl (C=O) groups is 1. The molecule has 0 radical (unpaired) electrons. The van der Waals surface area contributed by atoms with E-state index in [1.165, 1.54) is 19.1 Å². The number of hydrogen-bond donors (Lipinski definition) is 0. The number of Topliss-reactive ketones (excluding diaryl/α,β-unsaturated/α-hetero) is 1. The molecule has 104 valence electrons. The number of ether oxygens (including phenoxy) is 1. The Hall–Kier alpha value is -1.33. The summed E-state index contributed by atoms with van der Waals surface area (Å²) in [4.78, 5) is 20.8. The molecule has 7 heteroatoms. The molecule has 0 aliphatic rings. The molecule has 0 bridgehead atoms. The maximum Gasteiger partial charge on any atom is 0.272 e. The highest BCUT2D eigenvalue weighted by Gasteiger charge is 2.15. The average molecular weight is 306 g/mol. The van der Waals surface area contributed by atoms with Crippen LogP contribution in [0.1, 0.15) is 26.2 Å². The first-order valence-electron chi connectivity index (χ1n) is 5.67. The molecule has 0 amide bonds. The molecule has 0 aromatic heterocycles. The Morgan fingerprint density at radius 1 is 1.32 bits per heavy atom. The van der Waals surface area contributed by atoms with Crippen LogP contribution in [0.5, 0.6) is 5.75 Å². The summed E-state index contributed by atoms with van der Waals surface area (Å²) < 4.78 is 5.39. The Morgan fingerprint density at radius 3 is 2.37 bits per heavy atom. The van der Waals surface area contributed by atoms with Crippen LogP contribution in [0.3, 0.4) is 0 Å². The number of ketones is 1. The van der Waals surface area contributed by atoms with Gasteiger partial charge in [-0.25, -0.2) is 0 Å². The van der Waals surface area contributed by atoms with Gasteiger partial charge in [0.2, 0.25) is 0 Å². The largest absolute Gasteiger partial charge is 0.490 e. The normalized spacial score (nSPS) is 10.3. The maximum atomic E-state index is 10.7. The predicted molar refractivity (Wildman–Crippen MR) is 73.1 cm³/mol. The second-order valence-corrected chi connectivity index (χ2v) is 4.82. The molecule has 0 atom stereocenters. The molecule has 0 fully saturated rings. The first-order valence-corrected chi connectivity index (χ1v) is 6.43. The number of rotatable bonds is 7. The van der Waals surface area contributed by atoms with E-state index in [1.54, 1.807) is 0 Å². The van der Waals surface area contributed by atoms with Gasteiger partial charge in [-0.15, -0.1) is 0 Å². The summed E-state index contributed by atoms with van der Waals surface area (Å²) in [6.07, 6.45) is 1.91. The minimum Gasteiger partial charge on any atom is -0.490 e. The van der Waals surface area contributed by atoms with Crippen molar-refractivity contribution in [1.82, 2.24) is 0 Å². The van der Waals surface area contributed by atoms with Crippen molar-refractivity contribution in [2.45, 2.75) is 26.2 Å². The standard InChI is InChI=1S/C12H13Cl2NO4/c1-8(16)4-2-3-5-19-12-10(13)6-9(15(17)18)7-11(12)14/h6-7H,2-5H2,1H3. The van der Waals surface area contributed by atoms with Gasteiger partial charge in [-0.3, -0.25) is 10.1 Å². The summed E-state index contributed by atoms with van der Waals surface area (Å²) in [5, 5.41) is 10.8. The van der Waals surface area contributed by atoms with Crippen molar-refractivity contribution in [3.63, 3.8) is 0 Å². The van der Waals surface area contributed by atoms with Gasteiger partial charge in [0.1, 0.15) is 5.78 Å². The number of nitrogens with zero attached hydrogens (tertiary/aromatic N) is 1. The fourth-order valence-electron chi connectivity index (χ4n) is 1.44. The number of nitro groups is 1. The third-order valence-corrected chi connectivity index (χ3v) is 2.92. The summed E-state index contributed by atoms with van der Waals surface area (Å²) in [5.74, 6) is 0.364. The van der Waals surface area contributed by atoms with Crippen LogP contribution in [-0.4, -0.2) is 17.3 Å². The zero-order valence-corrected chi connectivity index (χ0v) is 11.8. The number of non-ortho nitro benzene ring substituents is 1. The molecule has 0 spiro atoms. The molecular formula is C12H13Cl2NO4. The fourth-order valence-corrected chi connectivity index (χ4v) is 2.02. The lowest BCUT2D eigenvalue weighted by molar-refractivity contribution is -0.384. The van der Waals surface area contributed by atoms with Crippen LogP contribution in [0.2, 0.25) is 10.0 Å². The summed E-state index contributed by atoms with van der Waals surface area (Å²) >= 11 is 11.7. The molecule has 0 unspecified atom stereocenters. The van der Waals surface area contributed by atoms with Crippen LogP contribution in [-0.2, 0) is 4.79 Å². The van der Waals surface area contributed by atoms with Crippen molar-refractivity contribution in [2.75, 3.05) is 6.61 Å². The van der Waals surface area contributed by atoms with Gasteiger partial charge in [0.05, 0.1) is 21.6 Å². The van der Waals surface area contributed by atoms with Gasteiger partial charge in [0, 0.05) is 18.6 Å². The molecule has 1 rings (SSSR count). The van der Waals surface area contributed by atoms with Gasteiger partial charge in [0.25, 0.3) is 5.69 Å². The van der Waals surface area contributed by atoms with Crippen molar-refractivity contribution in [2.24, 2.45) is 0 Å². The molecule has 5 nitrogen and oxygen atoms in total. The Labute approximate surface area is 120 Å². The first-order chi connectivity index (χ1) is 8.91. The van der Waals surface area contributed by atoms with E-state index in [2.05, 4.69) is 0 Å². The van der Waals surface area contributed by atoms with Crippen molar-refractivity contribution in [3.05, 3.63) is 32.3 Å². The molecule has 1 aromatic rings. The van der Waals surface area contributed by atoms with Crippen molar-refractivity contribution in [1.29, 1.82) is 0 Å². The topological polar surface area (TPSA) is 69.4 Å². The summed E-state index contributed by atoms with van der Waals surface area (Å²) in [5.41, 5.74) is -0.182. The lowest BCUT2D eigenvalue weighted by Gasteiger charge is -2.09. The third-order valence-electron chi connectivity index (χ3n) is 2.36. The van der Waals surface area contributed by atoms with Crippen LogP contribution in [0.25, 0.3) is 0 Å². The lowest BCUT2D eigenvalue weighted by atomic mass is 10.2. The van der Waals surface area contributed by atoms with Crippen molar-refractivity contribution >= 4 is 34.7 Å². The molecule has 0 N–H and O–H groups in total. The number of hydrogen-bond acceptors (Lipinski definition) is 4. The zero-order valence-electron chi connectivity index (χ0n) is 10.3. The van der Waals surface area contributed by atoms with E-state index in [4.69, 9.17) is 27.9 Å². The second-order valence-electron chi connectivity index (χ2n) is 4.00. The Balaban J connectivity index is 2.59. The maximum absolute atomic E-state index is 10.7. The smallest absolute Gasteiger partial charge is 0.272 e. The highest BCUT2D eigenvalue weighted by atomic mass is 35.5. The van der Waals surface area contributed by atoms with Crippen LogP contribution in [0, 0.1) is 10.1 Å². The van der Waals surface area contributed by atoms with Gasteiger partial charge < -0.3 is 9.53 Å². The highest BCUT2D eigenvalue weighted by molar-refractivity contribution is 6.37. The molecule has 0 saturated carbocycles. The molecular weight excluding hydrogens is 293 g/mol. The van der Waals surface area contributed by atoms with E-state index in [9.17, 15) is 14.9 Å². The summed E-state index contributed by atoms with van der Waals surface area (Å²) in [7, 11) is 0. The van der Waals surface area contributed by atoms with Crippen LogP contribution >= 0.6 is 23.2 Å². The second kappa shape index (κ2) is 7.31. The number of unbranched alkanes of at least 4 members (excludes halogenated alkanes) is 1. The molecule has 0 heterocycles. The third kappa shape index (κ3) is 5.04. The number of halogens is 2. The fraction of sp³-hybridized carbons (Fsp3) is 0.417. The Bertz CT molecular complexity index is 468. The molecule has 19 heavy (non-hydrogen) atoms. The molecule has 0 aliphatic heterocycles. The van der Waals surface area contributed by atoms with Gasteiger partial charge in [0.15, 0.2) is 5.75 Å².